The van der Waals surface area contributed by atoms with Crippen molar-refractivity contribution in [1.82, 2.24) is 4.90 Å². The predicted octanol–water partition coefficient (Wildman–Crippen LogP) is 1.75. The number of carbonyl (C=O) groups is 1. The minimum atomic E-state index is -0.413. The first-order valence-electron chi connectivity index (χ1n) is 6.48. The Morgan fingerprint density at radius 1 is 1.40 bits per heavy atom. The zero-order valence-electron chi connectivity index (χ0n) is 11.1. The van der Waals surface area contributed by atoms with Gasteiger partial charge in [-0.3, -0.25) is 4.79 Å². The summed E-state index contributed by atoms with van der Waals surface area (Å²) in [6.45, 7) is 1.38. The van der Waals surface area contributed by atoms with Crippen molar-refractivity contribution in [2.24, 2.45) is 0 Å². The standard InChI is InChI=1S/C15H16FNO2S/c16-13-4-5-14(12(11-13)3-1-2-8-18)15(19)17-6-9-20-10-7-17/h4-5,11,18H,2,6-10H2. The summed E-state index contributed by atoms with van der Waals surface area (Å²) in [5, 5.41) is 8.73. The molecule has 0 saturated carbocycles. The molecule has 0 aliphatic carbocycles. The largest absolute Gasteiger partial charge is 0.395 e. The van der Waals surface area contributed by atoms with Crippen molar-refractivity contribution < 1.29 is 14.3 Å². The summed E-state index contributed by atoms with van der Waals surface area (Å²) in [5.74, 6) is 6.85. The lowest BCUT2D eigenvalue weighted by Gasteiger charge is -2.26. The van der Waals surface area contributed by atoms with Gasteiger partial charge in [0.05, 0.1) is 12.2 Å². The molecule has 3 nitrogen and oxygen atoms in total. The molecule has 1 aromatic carbocycles. The van der Waals surface area contributed by atoms with Gasteiger partial charge in [0.1, 0.15) is 5.82 Å². The fourth-order valence-electron chi connectivity index (χ4n) is 1.96. The average Bonchev–Trinajstić information content (AvgIpc) is 2.48. The number of hydrogen-bond donors (Lipinski definition) is 1. The van der Waals surface area contributed by atoms with E-state index in [2.05, 4.69) is 11.8 Å². The lowest BCUT2D eigenvalue weighted by Crippen LogP contribution is -2.38. The molecule has 106 valence electrons. The predicted molar refractivity (Wildman–Crippen MR) is 78.2 cm³/mol. The van der Waals surface area contributed by atoms with Gasteiger partial charge in [0, 0.05) is 36.6 Å². The Morgan fingerprint density at radius 3 is 2.85 bits per heavy atom. The lowest BCUT2D eigenvalue weighted by atomic mass is 10.1. The van der Waals surface area contributed by atoms with Crippen LogP contribution in [0.3, 0.4) is 0 Å². The Labute approximate surface area is 122 Å². The minimum absolute atomic E-state index is 0.0467. The maximum Gasteiger partial charge on any atom is 0.255 e. The maximum absolute atomic E-state index is 13.3. The summed E-state index contributed by atoms with van der Waals surface area (Å²) < 4.78 is 13.3. The van der Waals surface area contributed by atoms with E-state index in [4.69, 9.17) is 5.11 Å². The van der Waals surface area contributed by atoms with Crippen LogP contribution in [0.2, 0.25) is 0 Å². The minimum Gasteiger partial charge on any atom is -0.395 e. The molecule has 0 bridgehead atoms. The highest BCUT2D eigenvalue weighted by Gasteiger charge is 2.20. The van der Waals surface area contributed by atoms with Crippen molar-refractivity contribution in [2.45, 2.75) is 6.42 Å². The third kappa shape index (κ3) is 3.75. The second-order valence-electron chi connectivity index (χ2n) is 4.37. The quantitative estimate of drug-likeness (QED) is 0.845. The van der Waals surface area contributed by atoms with Crippen LogP contribution >= 0.6 is 11.8 Å². The van der Waals surface area contributed by atoms with Gasteiger partial charge in [-0.2, -0.15) is 11.8 Å². The van der Waals surface area contributed by atoms with Crippen LogP contribution in [0.15, 0.2) is 18.2 Å². The zero-order valence-corrected chi connectivity index (χ0v) is 11.9. The number of hydrogen-bond acceptors (Lipinski definition) is 3. The summed E-state index contributed by atoms with van der Waals surface area (Å²) in [6.07, 6.45) is 0.310. The van der Waals surface area contributed by atoms with Gasteiger partial charge in [-0.05, 0) is 18.2 Å². The summed E-state index contributed by atoms with van der Waals surface area (Å²) in [6, 6.07) is 4.04. The third-order valence-electron chi connectivity index (χ3n) is 2.97. The summed E-state index contributed by atoms with van der Waals surface area (Å²) in [7, 11) is 0. The highest BCUT2D eigenvalue weighted by Crippen LogP contribution is 2.16. The number of amides is 1. The Morgan fingerprint density at radius 2 is 2.15 bits per heavy atom. The van der Waals surface area contributed by atoms with Crippen molar-refractivity contribution in [3.05, 3.63) is 35.1 Å². The first-order valence-corrected chi connectivity index (χ1v) is 7.64. The number of aliphatic hydroxyl groups is 1. The average molecular weight is 293 g/mol. The van der Waals surface area contributed by atoms with Crippen LogP contribution in [0, 0.1) is 17.7 Å². The van der Waals surface area contributed by atoms with Crippen LogP contribution in [0.1, 0.15) is 22.3 Å². The fraction of sp³-hybridized carbons (Fsp3) is 0.400. The maximum atomic E-state index is 13.3. The summed E-state index contributed by atoms with van der Waals surface area (Å²) >= 11 is 1.83. The molecule has 0 spiro atoms. The molecular formula is C15H16FNO2S. The smallest absolute Gasteiger partial charge is 0.255 e. The molecular weight excluding hydrogens is 277 g/mol. The van der Waals surface area contributed by atoms with Gasteiger partial charge in [0.25, 0.3) is 5.91 Å². The van der Waals surface area contributed by atoms with E-state index < -0.39 is 5.82 Å². The molecule has 5 heteroatoms. The van der Waals surface area contributed by atoms with Crippen LogP contribution in [-0.2, 0) is 0 Å². The second-order valence-corrected chi connectivity index (χ2v) is 5.59. The van der Waals surface area contributed by atoms with E-state index in [1.807, 2.05) is 11.8 Å². The Balaban J connectivity index is 2.25. The first-order chi connectivity index (χ1) is 9.72. The molecule has 1 amide bonds. The monoisotopic (exact) mass is 293 g/mol. The van der Waals surface area contributed by atoms with E-state index in [9.17, 15) is 9.18 Å². The molecule has 0 unspecified atom stereocenters. The molecule has 1 saturated heterocycles. The van der Waals surface area contributed by atoms with Crippen molar-refractivity contribution in [3.63, 3.8) is 0 Å². The lowest BCUT2D eigenvalue weighted by molar-refractivity contribution is 0.0772. The molecule has 2 rings (SSSR count). The van der Waals surface area contributed by atoms with E-state index >= 15 is 0 Å². The molecule has 1 aliphatic rings. The van der Waals surface area contributed by atoms with Crippen LogP contribution in [0.25, 0.3) is 0 Å². The van der Waals surface area contributed by atoms with Gasteiger partial charge < -0.3 is 10.0 Å². The molecule has 1 heterocycles. The van der Waals surface area contributed by atoms with Crippen molar-refractivity contribution in [2.75, 3.05) is 31.2 Å². The highest BCUT2D eigenvalue weighted by molar-refractivity contribution is 7.99. The Hall–Kier alpha value is -1.51. The Bertz CT molecular complexity index is 545. The van der Waals surface area contributed by atoms with Gasteiger partial charge in [-0.1, -0.05) is 11.8 Å². The number of halogens is 1. The van der Waals surface area contributed by atoms with E-state index in [0.717, 1.165) is 11.5 Å². The van der Waals surface area contributed by atoms with Gasteiger partial charge in [-0.15, -0.1) is 0 Å². The van der Waals surface area contributed by atoms with Gasteiger partial charge >= 0.3 is 0 Å². The SMILES string of the molecule is O=C(c1ccc(F)cc1C#CCCO)N1CCSCC1. The number of nitrogens with zero attached hydrogens (tertiary/aromatic N) is 1. The molecule has 1 N–H and O–H groups in total. The first kappa shape index (κ1) is 14.9. The molecule has 0 radical (unpaired) electrons. The Kier molecular flexibility index (Phi) is 5.45. The topological polar surface area (TPSA) is 40.5 Å². The molecule has 1 fully saturated rings. The van der Waals surface area contributed by atoms with Crippen LogP contribution < -0.4 is 0 Å². The van der Waals surface area contributed by atoms with E-state index in [-0.39, 0.29) is 12.5 Å². The van der Waals surface area contributed by atoms with Gasteiger partial charge in [0.2, 0.25) is 0 Å². The number of benzene rings is 1. The van der Waals surface area contributed by atoms with Crippen molar-refractivity contribution in [3.8, 4) is 11.8 Å². The van der Waals surface area contributed by atoms with Crippen LogP contribution in [0.5, 0.6) is 0 Å². The number of rotatable bonds is 2. The van der Waals surface area contributed by atoms with Crippen molar-refractivity contribution in [1.29, 1.82) is 0 Å². The van der Waals surface area contributed by atoms with E-state index in [1.54, 1.807) is 4.90 Å². The molecule has 0 aromatic heterocycles. The van der Waals surface area contributed by atoms with E-state index in [0.29, 0.717) is 30.6 Å². The molecule has 20 heavy (non-hydrogen) atoms. The van der Waals surface area contributed by atoms with Crippen LogP contribution in [0.4, 0.5) is 4.39 Å². The van der Waals surface area contributed by atoms with Gasteiger partial charge in [0.15, 0.2) is 0 Å². The number of thioether (sulfide) groups is 1. The number of aliphatic hydroxyl groups excluding tert-OH is 1. The summed E-state index contributed by atoms with van der Waals surface area (Å²) in [5.41, 5.74) is 0.824. The molecule has 1 aliphatic heterocycles. The second kappa shape index (κ2) is 7.32. The van der Waals surface area contributed by atoms with Crippen LogP contribution in [-0.4, -0.2) is 47.1 Å². The number of carbonyl (C=O) groups excluding carboxylic acids is 1. The normalized spacial score (nSPS) is 14.6. The van der Waals surface area contributed by atoms with Gasteiger partial charge in [-0.25, -0.2) is 4.39 Å². The summed E-state index contributed by atoms with van der Waals surface area (Å²) in [4.78, 5) is 14.2. The molecule has 0 atom stereocenters. The third-order valence-corrected chi connectivity index (χ3v) is 3.91. The highest BCUT2D eigenvalue weighted by atomic mass is 32.2. The fourth-order valence-corrected chi connectivity index (χ4v) is 2.86. The molecule has 1 aromatic rings. The van der Waals surface area contributed by atoms with E-state index in [1.165, 1.54) is 18.2 Å². The zero-order chi connectivity index (χ0) is 14.4. The van der Waals surface area contributed by atoms with Crippen molar-refractivity contribution >= 4 is 17.7 Å².